The number of hydrogen-bond acceptors (Lipinski definition) is 2. The van der Waals surface area contributed by atoms with Crippen molar-refractivity contribution in [3.8, 4) is 0 Å². The molecular formula is C12H16N2. The fourth-order valence-corrected chi connectivity index (χ4v) is 0.973. The summed E-state index contributed by atoms with van der Waals surface area (Å²) in [7, 11) is 0. The predicted octanol–water partition coefficient (Wildman–Crippen LogP) is 2.44. The number of dihydropyridines is 1. The zero-order valence-corrected chi connectivity index (χ0v) is 8.70. The predicted molar refractivity (Wildman–Crippen MR) is 59.9 cm³/mol. The van der Waals surface area contributed by atoms with E-state index in [1.165, 1.54) is 11.1 Å². The molecule has 74 valence electrons. The maximum Gasteiger partial charge on any atom is 0.0330 e. The van der Waals surface area contributed by atoms with Crippen LogP contribution in [0.4, 0.5) is 0 Å². The Morgan fingerprint density at radius 1 is 1.21 bits per heavy atom. The van der Waals surface area contributed by atoms with Gasteiger partial charge in [0.25, 0.3) is 0 Å². The molecule has 0 atom stereocenters. The highest BCUT2D eigenvalue weighted by molar-refractivity contribution is 5.19. The van der Waals surface area contributed by atoms with Gasteiger partial charge in [-0.15, -0.1) is 0 Å². The van der Waals surface area contributed by atoms with Crippen LogP contribution in [0.25, 0.3) is 0 Å². The molecule has 1 N–H and O–H groups in total. The summed E-state index contributed by atoms with van der Waals surface area (Å²) in [5.74, 6) is 0. The molecule has 2 heteroatoms. The Labute approximate surface area is 85.4 Å². The van der Waals surface area contributed by atoms with E-state index >= 15 is 0 Å². The van der Waals surface area contributed by atoms with Crippen LogP contribution in [0.3, 0.4) is 0 Å². The van der Waals surface area contributed by atoms with Gasteiger partial charge in [0.05, 0.1) is 0 Å². The number of rotatable bonds is 0. The van der Waals surface area contributed by atoms with Crippen LogP contribution in [-0.2, 0) is 0 Å². The molecule has 1 aromatic rings. The lowest BCUT2D eigenvalue weighted by atomic mass is 10.2. The summed E-state index contributed by atoms with van der Waals surface area (Å²) in [6.07, 6.45) is 9.75. The fraction of sp³-hybridized carbons (Fsp3) is 0.250. The Bertz CT molecular complexity index is 312. The first-order valence-electron chi connectivity index (χ1n) is 4.72. The van der Waals surface area contributed by atoms with Crippen molar-refractivity contribution in [1.82, 2.24) is 10.3 Å². The Morgan fingerprint density at radius 3 is 2.21 bits per heavy atom. The van der Waals surface area contributed by atoms with Gasteiger partial charge in [0, 0.05) is 18.9 Å². The molecule has 0 unspecified atom stereocenters. The van der Waals surface area contributed by atoms with Crippen molar-refractivity contribution in [3.63, 3.8) is 0 Å². The minimum absolute atomic E-state index is 0.988. The standard InChI is InChI=1S/C6H9N.C6H7N/c2*1-6-2-4-7-5-3-6/h2-4,7H,5H2,1H3;2-5H,1H3. The molecule has 1 aliphatic heterocycles. The number of aryl methyl sites for hydroxylation is 1. The van der Waals surface area contributed by atoms with Gasteiger partial charge in [-0.3, -0.25) is 4.98 Å². The quantitative estimate of drug-likeness (QED) is 0.676. The maximum atomic E-state index is 3.85. The lowest BCUT2D eigenvalue weighted by Crippen LogP contribution is -2.07. The summed E-state index contributed by atoms with van der Waals surface area (Å²) in [6, 6.07) is 3.94. The molecule has 0 aliphatic carbocycles. The van der Waals surface area contributed by atoms with Crippen LogP contribution in [0.15, 0.2) is 48.5 Å². The van der Waals surface area contributed by atoms with Gasteiger partial charge in [0.1, 0.15) is 0 Å². The van der Waals surface area contributed by atoms with Crippen molar-refractivity contribution in [2.24, 2.45) is 0 Å². The summed E-state index contributed by atoms with van der Waals surface area (Å²) in [5.41, 5.74) is 2.61. The van der Waals surface area contributed by atoms with Gasteiger partial charge in [0.15, 0.2) is 0 Å². The second kappa shape index (κ2) is 5.97. The summed E-state index contributed by atoms with van der Waals surface area (Å²) >= 11 is 0. The fourth-order valence-electron chi connectivity index (χ4n) is 0.973. The van der Waals surface area contributed by atoms with E-state index in [1.807, 2.05) is 25.3 Å². The van der Waals surface area contributed by atoms with Crippen molar-refractivity contribution in [1.29, 1.82) is 0 Å². The van der Waals surface area contributed by atoms with Gasteiger partial charge < -0.3 is 5.32 Å². The summed E-state index contributed by atoms with van der Waals surface area (Å²) in [6.45, 7) is 5.13. The molecule has 1 aromatic heterocycles. The number of hydrogen-bond donors (Lipinski definition) is 1. The third-order valence-electron chi connectivity index (χ3n) is 1.85. The summed E-state index contributed by atoms with van der Waals surface area (Å²) in [4.78, 5) is 3.85. The van der Waals surface area contributed by atoms with E-state index in [4.69, 9.17) is 0 Å². The van der Waals surface area contributed by atoms with Crippen LogP contribution in [0.5, 0.6) is 0 Å². The van der Waals surface area contributed by atoms with Crippen LogP contribution in [0.1, 0.15) is 12.5 Å². The lowest BCUT2D eigenvalue weighted by molar-refractivity contribution is 0.958. The molecule has 0 saturated heterocycles. The van der Waals surface area contributed by atoms with E-state index in [0.29, 0.717) is 0 Å². The zero-order chi connectivity index (χ0) is 10.2. The third kappa shape index (κ3) is 4.45. The van der Waals surface area contributed by atoms with E-state index in [1.54, 1.807) is 12.4 Å². The van der Waals surface area contributed by atoms with Crippen LogP contribution in [0.2, 0.25) is 0 Å². The van der Waals surface area contributed by atoms with Crippen molar-refractivity contribution in [2.75, 3.05) is 6.54 Å². The molecule has 2 heterocycles. The minimum Gasteiger partial charge on any atom is -0.387 e. The van der Waals surface area contributed by atoms with Crippen LogP contribution < -0.4 is 5.32 Å². The highest BCUT2D eigenvalue weighted by atomic mass is 14.8. The monoisotopic (exact) mass is 188 g/mol. The Kier molecular flexibility index (Phi) is 4.48. The molecule has 2 nitrogen and oxygen atoms in total. The average Bonchev–Trinajstić information content (AvgIpc) is 2.21. The molecule has 0 bridgehead atoms. The molecule has 2 rings (SSSR count). The zero-order valence-electron chi connectivity index (χ0n) is 8.70. The summed E-state index contributed by atoms with van der Waals surface area (Å²) in [5, 5.41) is 3.06. The highest BCUT2D eigenvalue weighted by Crippen LogP contribution is 1.95. The van der Waals surface area contributed by atoms with E-state index < -0.39 is 0 Å². The maximum absolute atomic E-state index is 3.85. The number of allylic oxidation sites excluding steroid dienone is 2. The van der Waals surface area contributed by atoms with Gasteiger partial charge in [-0.2, -0.15) is 0 Å². The SMILES string of the molecule is CC1=CCNC=C1.Cc1ccncc1. The largest absolute Gasteiger partial charge is 0.387 e. The summed E-state index contributed by atoms with van der Waals surface area (Å²) < 4.78 is 0. The van der Waals surface area contributed by atoms with Gasteiger partial charge in [-0.05, 0) is 43.8 Å². The Hall–Kier alpha value is -1.57. The molecular weight excluding hydrogens is 172 g/mol. The Balaban J connectivity index is 0.000000140. The molecule has 14 heavy (non-hydrogen) atoms. The molecule has 0 amide bonds. The van der Waals surface area contributed by atoms with Gasteiger partial charge in [-0.25, -0.2) is 0 Å². The van der Waals surface area contributed by atoms with Crippen molar-refractivity contribution in [2.45, 2.75) is 13.8 Å². The second-order valence-electron chi connectivity index (χ2n) is 3.21. The van der Waals surface area contributed by atoms with Crippen molar-refractivity contribution >= 4 is 0 Å². The second-order valence-corrected chi connectivity index (χ2v) is 3.21. The molecule has 0 fully saturated rings. The average molecular weight is 188 g/mol. The molecule has 0 aromatic carbocycles. The van der Waals surface area contributed by atoms with Crippen LogP contribution in [0, 0.1) is 6.92 Å². The van der Waals surface area contributed by atoms with E-state index in [2.05, 4.69) is 29.4 Å². The Morgan fingerprint density at radius 2 is 1.93 bits per heavy atom. The smallest absolute Gasteiger partial charge is 0.0330 e. The first-order valence-corrected chi connectivity index (χ1v) is 4.72. The van der Waals surface area contributed by atoms with Crippen molar-refractivity contribution in [3.05, 3.63) is 54.0 Å². The minimum atomic E-state index is 0.988. The molecule has 1 aliphatic rings. The third-order valence-corrected chi connectivity index (χ3v) is 1.85. The van der Waals surface area contributed by atoms with Crippen LogP contribution in [-0.4, -0.2) is 11.5 Å². The number of nitrogens with zero attached hydrogens (tertiary/aromatic N) is 1. The molecule has 0 spiro atoms. The lowest BCUT2D eigenvalue weighted by Gasteiger charge is -2.00. The van der Waals surface area contributed by atoms with E-state index in [0.717, 1.165) is 6.54 Å². The normalized spacial score (nSPS) is 13.4. The topological polar surface area (TPSA) is 24.9 Å². The highest BCUT2D eigenvalue weighted by Gasteiger charge is 1.84. The first-order chi connectivity index (χ1) is 6.79. The molecule has 0 saturated carbocycles. The van der Waals surface area contributed by atoms with Crippen molar-refractivity contribution < 1.29 is 0 Å². The number of pyridine rings is 1. The van der Waals surface area contributed by atoms with Gasteiger partial charge in [-0.1, -0.05) is 11.6 Å². The number of aromatic nitrogens is 1. The van der Waals surface area contributed by atoms with E-state index in [-0.39, 0.29) is 0 Å². The van der Waals surface area contributed by atoms with Gasteiger partial charge >= 0.3 is 0 Å². The first kappa shape index (κ1) is 10.5. The van der Waals surface area contributed by atoms with Gasteiger partial charge in [0.2, 0.25) is 0 Å². The molecule has 0 radical (unpaired) electrons. The van der Waals surface area contributed by atoms with Crippen LogP contribution >= 0.6 is 0 Å². The van der Waals surface area contributed by atoms with E-state index in [9.17, 15) is 0 Å². The number of nitrogens with one attached hydrogen (secondary N) is 1.